The number of unbranched alkanes of at least 4 members (excludes halogenated alkanes) is 1. The van der Waals surface area contributed by atoms with Gasteiger partial charge in [0.05, 0.1) is 11.1 Å². The maximum absolute atomic E-state index is 13.1. The van der Waals surface area contributed by atoms with Crippen LogP contribution in [0, 0.1) is 46.8 Å². The second kappa shape index (κ2) is 10.7. The van der Waals surface area contributed by atoms with Gasteiger partial charge in [-0.25, -0.2) is 0 Å². The normalized spacial score (nSPS) is 11.6. The van der Waals surface area contributed by atoms with E-state index in [4.69, 9.17) is 5.26 Å². The van der Waals surface area contributed by atoms with Crippen LogP contribution < -0.4 is 5.56 Å². The zero-order valence-electron chi connectivity index (χ0n) is 17.9. The lowest BCUT2D eigenvalue weighted by Crippen LogP contribution is -2.25. The van der Waals surface area contributed by atoms with Gasteiger partial charge in [-0.15, -0.1) is 10.2 Å². The lowest BCUT2D eigenvalue weighted by atomic mass is 9.99. The highest BCUT2D eigenvalue weighted by molar-refractivity contribution is 5.61. The van der Waals surface area contributed by atoms with Gasteiger partial charge in [-0.1, -0.05) is 39.2 Å². The van der Waals surface area contributed by atoms with Crippen molar-refractivity contribution in [1.29, 1.82) is 15.8 Å². The Balaban J connectivity index is 2.61. The fraction of sp³-hybridized carbons (Fsp3) is 0.391. The minimum absolute atomic E-state index is 0.0369. The van der Waals surface area contributed by atoms with E-state index in [0.717, 1.165) is 25.7 Å². The molecule has 0 amide bonds. The number of rotatable bonds is 8. The quantitative estimate of drug-likeness (QED) is 0.596. The average molecular weight is 416 g/mol. The second-order valence-electron chi connectivity index (χ2n) is 7.24. The van der Waals surface area contributed by atoms with Crippen molar-refractivity contribution < 1.29 is 5.11 Å². The molecule has 1 unspecified atom stereocenters. The Bertz CT molecular complexity index is 1170. The molecule has 0 aliphatic carbocycles. The molecule has 2 rings (SSSR count). The molecule has 2 aromatic rings. The molecule has 1 N–H and O–H groups in total. The summed E-state index contributed by atoms with van der Waals surface area (Å²) in [6.45, 7) is 5.90. The summed E-state index contributed by atoms with van der Waals surface area (Å²) >= 11 is 0. The molecule has 1 heterocycles. The number of aromatic nitrogens is 1. The summed E-state index contributed by atoms with van der Waals surface area (Å²) in [5.74, 6) is -0.205. The standard InChI is InChI=1S/C23H24N6O2/c1-4-6-8-16(5-2)14-29-22(30)18(12-25)15(3)21(23(29)31)28-27-20-10-7-9-17(11-24)19(20)13-26/h7,9-10,16,30H,4-6,8,14H2,1-3H3. The number of azo groups is 1. The lowest BCUT2D eigenvalue weighted by molar-refractivity contribution is 0.339. The number of pyridine rings is 1. The molecule has 0 bridgehead atoms. The zero-order valence-corrected chi connectivity index (χ0v) is 17.9. The van der Waals surface area contributed by atoms with Crippen molar-refractivity contribution in [3.8, 4) is 24.1 Å². The Morgan fingerprint density at radius 1 is 1.10 bits per heavy atom. The molecule has 158 valence electrons. The topological polar surface area (TPSA) is 138 Å². The molecule has 0 saturated heterocycles. The molecule has 0 saturated carbocycles. The molecule has 1 atom stereocenters. The van der Waals surface area contributed by atoms with E-state index in [1.54, 1.807) is 6.07 Å². The van der Waals surface area contributed by atoms with Gasteiger partial charge in [-0.05, 0) is 31.4 Å². The van der Waals surface area contributed by atoms with Crippen molar-refractivity contribution >= 4 is 11.4 Å². The first kappa shape index (κ1) is 23.3. The van der Waals surface area contributed by atoms with Gasteiger partial charge in [0.15, 0.2) is 5.69 Å². The highest BCUT2D eigenvalue weighted by atomic mass is 16.3. The third-order valence-corrected chi connectivity index (χ3v) is 5.29. The molecule has 0 fully saturated rings. The van der Waals surface area contributed by atoms with Crippen LogP contribution in [0.5, 0.6) is 5.88 Å². The first-order chi connectivity index (χ1) is 14.9. The first-order valence-electron chi connectivity index (χ1n) is 10.1. The second-order valence-corrected chi connectivity index (χ2v) is 7.24. The zero-order chi connectivity index (χ0) is 23.0. The SMILES string of the molecule is CCCCC(CC)Cn1c(O)c(C#N)c(C)c(N=Nc2cccc(C#N)c2C#N)c1=O. The highest BCUT2D eigenvalue weighted by Gasteiger charge is 2.21. The van der Waals surface area contributed by atoms with E-state index in [1.807, 2.05) is 25.1 Å². The van der Waals surface area contributed by atoms with Crippen molar-refractivity contribution in [3.05, 3.63) is 50.8 Å². The van der Waals surface area contributed by atoms with Gasteiger partial charge in [0.1, 0.15) is 29.5 Å². The van der Waals surface area contributed by atoms with Gasteiger partial charge < -0.3 is 5.11 Å². The summed E-state index contributed by atoms with van der Waals surface area (Å²) in [4.78, 5) is 13.1. The number of nitrogens with zero attached hydrogens (tertiary/aromatic N) is 6. The van der Waals surface area contributed by atoms with Crippen LogP contribution in [0.15, 0.2) is 33.2 Å². The van der Waals surface area contributed by atoms with Crippen LogP contribution in [0.2, 0.25) is 0 Å². The Morgan fingerprint density at radius 3 is 2.39 bits per heavy atom. The fourth-order valence-electron chi connectivity index (χ4n) is 3.34. The molecule has 0 radical (unpaired) electrons. The van der Waals surface area contributed by atoms with Crippen molar-refractivity contribution in [3.63, 3.8) is 0 Å². The molecular formula is C23H24N6O2. The van der Waals surface area contributed by atoms with E-state index in [2.05, 4.69) is 17.2 Å². The number of benzene rings is 1. The van der Waals surface area contributed by atoms with Crippen LogP contribution in [0.4, 0.5) is 11.4 Å². The number of nitriles is 3. The number of aromatic hydroxyl groups is 1. The Morgan fingerprint density at radius 2 is 1.81 bits per heavy atom. The smallest absolute Gasteiger partial charge is 0.281 e. The highest BCUT2D eigenvalue weighted by Crippen LogP contribution is 2.29. The molecule has 0 spiro atoms. The molecular weight excluding hydrogens is 392 g/mol. The summed E-state index contributed by atoms with van der Waals surface area (Å²) < 4.78 is 1.18. The van der Waals surface area contributed by atoms with Gasteiger partial charge in [0, 0.05) is 12.1 Å². The Labute approximate surface area is 181 Å². The molecule has 1 aromatic heterocycles. The van der Waals surface area contributed by atoms with Crippen LogP contribution in [-0.2, 0) is 6.54 Å². The van der Waals surface area contributed by atoms with E-state index in [9.17, 15) is 20.4 Å². The Kier molecular flexibility index (Phi) is 8.06. The van der Waals surface area contributed by atoms with Crippen LogP contribution in [-0.4, -0.2) is 9.67 Å². The minimum Gasteiger partial charge on any atom is -0.493 e. The fourth-order valence-corrected chi connectivity index (χ4v) is 3.34. The maximum atomic E-state index is 13.1. The van der Waals surface area contributed by atoms with Crippen LogP contribution in [0.25, 0.3) is 0 Å². The lowest BCUT2D eigenvalue weighted by Gasteiger charge is -2.19. The summed E-state index contributed by atoms with van der Waals surface area (Å²) in [5, 5.41) is 46.7. The number of hydrogen-bond acceptors (Lipinski definition) is 7. The van der Waals surface area contributed by atoms with E-state index in [1.165, 1.54) is 23.6 Å². The number of hydrogen-bond donors (Lipinski definition) is 1. The monoisotopic (exact) mass is 416 g/mol. The van der Waals surface area contributed by atoms with Crippen molar-refractivity contribution in [1.82, 2.24) is 4.57 Å². The van der Waals surface area contributed by atoms with Crippen molar-refractivity contribution in [2.75, 3.05) is 0 Å². The Hall–Kier alpha value is -3.96. The maximum Gasteiger partial charge on any atom is 0.281 e. The molecule has 0 aliphatic rings. The van der Waals surface area contributed by atoms with E-state index >= 15 is 0 Å². The average Bonchev–Trinajstić information content (AvgIpc) is 2.78. The van der Waals surface area contributed by atoms with Crippen molar-refractivity contribution in [2.24, 2.45) is 16.1 Å². The molecule has 1 aromatic carbocycles. The first-order valence-corrected chi connectivity index (χ1v) is 10.1. The van der Waals surface area contributed by atoms with E-state index in [-0.39, 0.29) is 52.0 Å². The summed E-state index contributed by atoms with van der Waals surface area (Å²) in [6, 6.07) is 10.4. The van der Waals surface area contributed by atoms with E-state index < -0.39 is 5.56 Å². The van der Waals surface area contributed by atoms with Gasteiger partial charge in [0.2, 0.25) is 5.88 Å². The third kappa shape index (κ3) is 4.97. The summed E-state index contributed by atoms with van der Waals surface area (Å²) in [6.07, 6.45) is 3.75. The van der Waals surface area contributed by atoms with Gasteiger partial charge in [0.25, 0.3) is 5.56 Å². The van der Waals surface area contributed by atoms with Gasteiger partial charge in [-0.3, -0.25) is 9.36 Å². The largest absolute Gasteiger partial charge is 0.493 e. The van der Waals surface area contributed by atoms with Gasteiger partial charge in [-0.2, -0.15) is 15.8 Å². The minimum atomic E-state index is -0.553. The summed E-state index contributed by atoms with van der Waals surface area (Å²) in [7, 11) is 0. The van der Waals surface area contributed by atoms with Crippen molar-refractivity contribution in [2.45, 2.75) is 53.0 Å². The van der Waals surface area contributed by atoms with Crippen LogP contribution in [0.3, 0.4) is 0 Å². The van der Waals surface area contributed by atoms with Gasteiger partial charge >= 0.3 is 0 Å². The molecule has 8 heteroatoms. The third-order valence-electron chi connectivity index (χ3n) is 5.29. The molecule has 0 aliphatic heterocycles. The van der Waals surface area contributed by atoms with E-state index in [0.29, 0.717) is 0 Å². The molecule has 31 heavy (non-hydrogen) atoms. The molecule has 8 nitrogen and oxygen atoms in total. The predicted octanol–water partition coefficient (Wildman–Crippen LogP) is 5.11. The summed E-state index contributed by atoms with van der Waals surface area (Å²) in [5.41, 5.74) is -0.108. The van der Waals surface area contributed by atoms with Crippen LogP contribution >= 0.6 is 0 Å². The predicted molar refractivity (Wildman–Crippen MR) is 115 cm³/mol. The van der Waals surface area contributed by atoms with Crippen LogP contribution in [0.1, 0.15) is 61.8 Å².